The summed E-state index contributed by atoms with van der Waals surface area (Å²) in [7, 11) is 0. The molecule has 4 rings (SSSR count). The summed E-state index contributed by atoms with van der Waals surface area (Å²) in [4.78, 5) is 51.9. The Morgan fingerprint density at radius 1 is 1.16 bits per heavy atom. The molecular weight excluding hydrogens is 560 g/mol. The number of phenolic OH excluding ortho intramolecular Hbond substituents is 1. The zero-order valence-corrected chi connectivity index (χ0v) is 25.7. The minimum atomic E-state index is -0.914. The van der Waals surface area contributed by atoms with Crippen LogP contribution in [-0.2, 0) is 27.3 Å². The molecule has 0 saturated carbocycles. The number of hydrogen-bond acceptors (Lipinski definition) is 10. The minimum absolute atomic E-state index is 0.106. The van der Waals surface area contributed by atoms with E-state index in [2.05, 4.69) is 33.5 Å². The van der Waals surface area contributed by atoms with Gasteiger partial charge in [0.15, 0.2) is 0 Å². The number of hydrogen-bond donors (Lipinski definition) is 3. The molecule has 2 aromatic rings. The van der Waals surface area contributed by atoms with Gasteiger partial charge in [0.1, 0.15) is 23.9 Å². The lowest BCUT2D eigenvalue weighted by Gasteiger charge is -2.48. The van der Waals surface area contributed by atoms with Crippen molar-refractivity contribution >= 4 is 23.9 Å². The van der Waals surface area contributed by atoms with E-state index in [-0.39, 0.29) is 44.1 Å². The van der Waals surface area contributed by atoms with Crippen LogP contribution in [0.1, 0.15) is 24.6 Å². The van der Waals surface area contributed by atoms with Crippen molar-refractivity contribution in [1.29, 1.82) is 0 Å². The van der Waals surface area contributed by atoms with Crippen LogP contribution < -0.4 is 16.1 Å². The zero-order valence-electron chi connectivity index (χ0n) is 25.7. The summed E-state index contributed by atoms with van der Waals surface area (Å²) in [6.45, 7) is 13.7. The zero-order chi connectivity index (χ0) is 31.5. The minimum Gasteiger partial charge on any atom is -0.508 e. The maximum absolute atomic E-state index is 14.0. The quantitative estimate of drug-likeness (QED) is 0.108. The van der Waals surface area contributed by atoms with Crippen molar-refractivity contribution < 1.29 is 19.5 Å². The second kappa shape index (κ2) is 16.3. The van der Waals surface area contributed by atoms with Crippen molar-refractivity contribution in [2.24, 2.45) is 5.84 Å². The van der Waals surface area contributed by atoms with Gasteiger partial charge in [0.2, 0.25) is 11.8 Å². The molecular formula is C32H46N8O4. The van der Waals surface area contributed by atoms with Crippen LogP contribution in [0.15, 0.2) is 55.1 Å². The average molecular weight is 607 g/mol. The number of hydrazine groups is 1. The van der Waals surface area contributed by atoms with Crippen LogP contribution in [-0.4, -0.2) is 125 Å². The molecule has 1 aromatic carbocycles. The van der Waals surface area contributed by atoms with Gasteiger partial charge in [0, 0.05) is 71.2 Å². The molecule has 0 radical (unpaired) electrons. The highest BCUT2D eigenvalue weighted by Crippen LogP contribution is 2.24. The van der Waals surface area contributed by atoms with E-state index in [1.807, 2.05) is 18.2 Å². The lowest BCUT2D eigenvalue weighted by molar-refractivity contribution is -0.137. The molecule has 1 atom stereocenters. The summed E-state index contributed by atoms with van der Waals surface area (Å²) < 4.78 is 0. The number of phenols is 1. The van der Waals surface area contributed by atoms with Crippen LogP contribution in [0.3, 0.4) is 0 Å². The van der Waals surface area contributed by atoms with E-state index in [4.69, 9.17) is 10.8 Å². The maximum Gasteiger partial charge on any atom is 0.245 e. The number of pyridine rings is 1. The van der Waals surface area contributed by atoms with Crippen LogP contribution >= 0.6 is 0 Å². The molecule has 2 amide bonds. The summed E-state index contributed by atoms with van der Waals surface area (Å²) in [5.41, 5.74) is 1.46. The summed E-state index contributed by atoms with van der Waals surface area (Å²) in [6, 6.07) is 11.9. The Morgan fingerprint density at radius 2 is 1.89 bits per heavy atom. The number of nitrogens with two attached hydrogens (primary N) is 1. The molecule has 2 aliphatic rings. The normalized spacial score (nSPS) is 16.8. The second-order valence-electron chi connectivity index (χ2n) is 11.4. The van der Waals surface area contributed by atoms with Crippen LogP contribution in [0.25, 0.3) is 0 Å². The van der Waals surface area contributed by atoms with Crippen molar-refractivity contribution in [3.05, 3.63) is 66.4 Å². The highest BCUT2D eigenvalue weighted by Gasteiger charge is 2.34. The Morgan fingerprint density at radius 3 is 2.55 bits per heavy atom. The van der Waals surface area contributed by atoms with Gasteiger partial charge in [-0.15, -0.1) is 6.58 Å². The number of carbonyl (C=O) groups is 3. The van der Waals surface area contributed by atoms with Crippen molar-refractivity contribution in [1.82, 2.24) is 30.0 Å². The predicted octanol–water partition coefficient (Wildman–Crippen LogP) is 0.620. The topological polar surface area (TPSA) is 139 Å². The molecule has 0 bridgehead atoms. The highest BCUT2D eigenvalue weighted by molar-refractivity contribution is 5.88. The molecule has 2 fully saturated rings. The van der Waals surface area contributed by atoms with Crippen LogP contribution in [0, 0.1) is 0 Å². The molecule has 238 valence electrons. The van der Waals surface area contributed by atoms with Crippen molar-refractivity contribution in [2.75, 3.05) is 70.3 Å². The predicted molar refractivity (Wildman–Crippen MR) is 170 cm³/mol. The number of carbonyl (C=O) groups excluding carboxylic acids is 3. The fourth-order valence-corrected chi connectivity index (χ4v) is 5.66. The number of amides is 2. The standard InChI is InChI=1S/C32H46N8O4/c1-3-13-40(33)24-31(43)35-29(20-25-9-11-28(42)12-10-25)32(44)38(14-6-19-41)21-26-7-5-8-30(34-26)39-22-27(23-39)37-17-15-36(4-2)16-18-37/h3,5,7-12,19,27,29,42H,1,4,6,13-18,20-24,33H2,2H3,(H,35,43)/t29-/m0/s1. The molecule has 2 aliphatic heterocycles. The molecule has 12 nitrogen and oxygen atoms in total. The van der Waals surface area contributed by atoms with Gasteiger partial charge in [-0.05, 0) is 36.4 Å². The first kappa shape index (κ1) is 33.1. The molecule has 44 heavy (non-hydrogen) atoms. The molecule has 1 aromatic heterocycles. The Labute approximate surface area is 260 Å². The monoisotopic (exact) mass is 606 g/mol. The molecule has 0 unspecified atom stereocenters. The molecule has 12 heteroatoms. The SMILES string of the molecule is C=CCN(N)CC(=O)N[C@@H](Cc1ccc(O)cc1)C(=O)N(CCC=O)Cc1cccc(N2CC(N3CCN(CC)CC3)C2)n1. The first-order chi connectivity index (χ1) is 21.3. The van der Waals surface area contributed by atoms with Crippen LogP contribution in [0.5, 0.6) is 5.75 Å². The van der Waals surface area contributed by atoms with Gasteiger partial charge < -0.3 is 29.9 Å². The van der Waals surface area contributed by atoms with Crippen molar-refractivity contribution in [2.45, 2.75) is 38.4 Å². The number of anilines is 1. The number of rotatable bonds is 16. The summed E-state index contributed by atoms with van der Waals surface area (Å²) >= 11 is 0. The Balaban J connectivity index is 1.44. The number of aromatic hydroxyl groups is 1. The van der Waals surface area contributed by atoms with E-state index in [1.165, 1.54) is 17.1 Å². The number of likely N-dealkylation sites (N-methyl/N-ethyl adjacent to an activating group) is 1. The maximum atomic E-state index is 14.0. The van der Waals surface area contributed by atoms with Gasteiger partial charge >= 0.3 is 0 Å². The molecule has 3 heterocycles. The number of benzene rings is 1. The number of aromatic nitrogens is 1. The van der Waals surface area contributed by atoms with E-state index in [0.717, 1.165) is 63.5 Å². The van der Waals surface area contributed by atoms with E-state index >= 15 is 0 Å². The molecule has 0 aliphatic carbocycles. The Bertz CT molecular complexity index is 1250. The first-order valence-electron chi connectivity index (χ1n) is 15.4. The largest absolute Gasteiger partial charge is 0.508 e. The first-order valence-corrected chi connectivity index (χ1v) is 15.4. The average Bonchev–Trinajstić information content (AvgIpc) is 2.99. The molecule has 4 N–H and O–H groups in total. The van der Waals surface area contributed by atoms with E-state index in [9.17, 15) is 19.5 Å². The lowest BCUT2D eigenvalue weighted by atomic mass is 10.0. The van der Waals surface area contributed by atoms with Gasteiger partial charge in [0.05, 0.1) is 18.8 Å². The van der Waals surface area contributed by atoms with Gasteiger partial charge in [-0.3, -0.25) is 20.3 Å². The third-order valence-corrected chi connectivity index (χ3v) is 8.25. The molecule has 0 spiro atoms. The number of aldehydes is 1. The Hall–Kier alpha value is -3.84. The summed E-state index contributed by atoms with van der Waals surface area (Å²) in [5, 5.41) is 13.8. The smallest absolute Gasteiger partial charge is 0.245 e. The van der Waals surface area contributed by atoms with Gasteiger partial charge in [-0.25, -0.2) is 9.99 Å². The molecule has 2 saturated heterocycles. The number of nitrogens with zero attached hydrogens (tertiary/aromatic N) is 6. The van der Waals surface area contributed by atoms with Crippen molar-refractivity contribution in [3.8, 4) is 5.75 Å². The number of nitrogens with one attached hydrogen (secondary N) is 1. The highest BCUT2D eigenvalue weighted by atomic mass is 16.3. The number of piperazine rings is 1. The summed E-state index contributed by atoms with van der Waals surface area (Å²) in [6.07, 6.45) is 2.71. The third-order valence-electron chi connectivity index (χ3n) is 8.25. The second-order valence-corrected chi connectivity index (χ2v) is 11.4. The van der Waals surface area contributed by atoms with E-state index in [0.29, 0.717) is 18.3 Å². The fourth-order valence-electron chi connectivity index (χ4n) is 5.66. The van der Waals surface area contributed by atoms with E-state index < -0.39 is 11.9 Å². The van der Waals surface area contributed by atoms with Crippen LogP contribution in [0.2, 0.25) is 0 Å². The third kappa shape index (κ3) is 9.33. The van der Waals surface area contributed by atoms with Gasteiger partial charge in [-0.2, -0.15) is 0 Å². The van der Waals surface area contributed by atoms with Gasteiger partial charge in [0.25, 0.3) is 0 Å². The van der Waals surface area contributed by atoms with E-state index in [1.54, 1.807) is 23.1 Å². The lowest BCUT2D eigenvalue weighted by Crippen LogP contribution is -2.63. The Kier molecular flexibility index (Phi) is 12.2. The van der Waals surface area contributed by atoms with Crippen LogP contribution in [0.4, 0.5) is 5.82 Å². The van der Waals surface area contributed by atoms with Gasteiger partial charge in [-0.1, -0.05) is 31.2 Å². The summed E-state index contributed by atoms with van der Waals surface area (Å²) in [5.74, 6) is 6.11. The van der Waals surface area contributed by atoms with Crippen molar-refractivity contribution in [3.63, 3.8) is 0 Å². The fraction of sp³-hybridized carbons (Fsp3) is 0.500.